The Morgan fingerprint density at radius 2 is 1.87 bits per heavy atom. The maximum Gasteiger partial charge on any atom is 0.261 e. The zero-order valence-corrected chi connectivity index (χ0v) is 14.4. The van der Waals surface area contributed by atoms with Crippen molar-refractivity contribution in [3.63, 3.8) is 0 Å². The smallest absolute Gasteiger partial charge is 0.261 e. The fourth-order valence-electron chi connectivity index (χ4n) is 2.66. The van der Waals surface area contributed by atoms with E-state index in [1.807, 2.05) is 37.3 Å². The van der Waals surface area contributed by atoms with E-state index in [1.165, 1.54) is 11.3 Å². The molecule has 4 nitrogen and oxygen atoms in total. The van der Waals surface area contributed by atoms with Crippen molar-refractivity contribution < 1.29 is 14.3 Å². The molecule has 0 unspecified atom stereocenters. The van der Waals surface area contributed by atoms with E-state index in [0.29, 0.717) is 13.2 Å². The summed E-state index contributed by atoms with van der Waals surface area (Å²) in [5.74, 6) is 1.75. The molecule has 2 heterocycles. The maximum absolute atomic E-state index is 12.5. The summed E-state index contributed by atoms with van der Waals surface area (Å²) in [7, 11) is 0. The Kier molecular flexibility index (Phi) is 4.57. The van der Waals surface area contributed by atoms with Gasteiger partial charge < -0.3 is 14.8 Å². The van der Waals surface area contributed by atoms with E-state index in [9.17, 15) is 4.79 Å². The number of carbonyl (C=O) groups is 1. The van der Waals surface area contributed by atoms with Crippen LogP contribution in [0, 0.1) is 12.8 Å². The van der Waals surface area contributed by atoms with Crippen molar-refractivity contribution in [1.82, 2.24) is 5.32 Å². The zero-order chi connectivity index (χ0) is 16.4. The van der Waals surface area contributed by atoms with E-state index in [4.69, 9.17) is 9.47 Å². The fraction of sp³-hybridized carbons (Fsp3) is 0.389. The van der Waals surface area contributed by atoms with Gasteiger partial charge in [-0.05, 0) is 42.7 Å². The van der Waals surface area contributed by atoms with Crippen molar-refractivity contribution in [3.05, 3.63) is 45.6 Å². The highest BCUT2D eigenvalue weighted by Gasteiger charge is 2.22. The van der Waals surface area contributed by atoms with Crippen LogP contribution in [0.2, 0.25) is 0 Å². The van der Waals surface area contributed by atoms with Crippen LogP contribution < -0.4 is 14.8 Å². The highest BCUT2D eigenvalue weighted by molar-refractivity contribution is 7.13. The van der Waals surface area contributed by atoms with E-state index >= 15 is 0 Å². The number of hydrogen-bond acceptors (Lipinski definition) is 4. The lowest BCUT2D eigenvalue weighted by atomic mass is 9.95. The van der Waals surface area contributed by atoms with E-state index < -0.39 is 0 Å². The third kappa shape index (κ3) is 3.50. The monoisotopic (exact) mass is 331 g/mol. The summed E-state index contributed by atoms with van der Waals surface area (Å²) in [4.78, 5) is 14.4. The van der Waals surface area contributed by atoms with Crippen molar-refractivity contribution >= 4 is 17.2 Å². The molecule has 2 aromatic rings. The molecular weight excluding hydrogens is 310 g/mol. The van der Waals surface area contributed by atoms with Gasteiger partial charge in [-0.1, -0.05) is 19.9 Å². The molecule has 0 spiro atoms. The first-order valence-electron chi connectivity index (χ1n) is 7.81. The number of carbonyl (C=O) groups excluding carboxylic acids is 1. The Hall–Kier alpha value is -2.01. The number of amides is 1. The molecule has 0 saturated heterocycles. The Morgan fingerprint density at radius 3 is 2.52 bits per heavy atom. The van der Waals surface area contributed by atoms with Crippen LogP contribution in [0.4, 0.5) is 0 Å². The van der Waals surface area contributed by atoms with Gasteiger partial charge in [-0.3, -0.25) is 4.79 Å². The van der Waals surface area contributed by atoms with E-state index in [-0.39, 0.29) is 17.9 Å². The molecule has 1 atom stereocenters. The van der Waals surface area contributed by atoms with Crippen molar-refractivity contribution in [2.45, 2.75) is 26.8 Å². The predicted octanol–water partition coefficient (Wildman–Crippen LogP) is 3.95. The second-order valence-electron chi connectivity index (χ2n) is 6.01. The van der Waals surface area contributed by atoms with Crippen LogP contribution in [0.3, 0.4) is 0 Å². The molecular formula is C18H21NO3S. The number of ether oxygens (including phenoxy) is 2. The average Bonchev–Trinajstić information content (AvgIpc) is 2.98. The van der Waals surface area contributed by atoms with Crippen molar-refractivity contribution in [1.29, 1.82) is 0 Å². The van der Waals surface area contributed by atoms with Gasteiger partial charge in [0.05, 0.1) is 10.9 Å². The quantitative estimate of drug-likeness (QED) is 0.922. The number of fused-ring (bicyclic) bond motifs is 1. The molecule has 0 radical (unpaired) electrons. The summed E-state index contributed by atoms with van der Waals surface area (Å²) in [5, 5.41) is 3.14. The second-order valence-corrected chi connectivity index (χ2v) is 7.30. The number of aryl methyl sites for hydroxylation is 1. The minimum absolute atomic E-state index is 0.0308. The van der Waals surface area contributed by atoms with Crippen LogP contribution in [0.5, 0.6) is 11.5 Å². The molecule has 0 fully saturated rings. The molecule has 0 aliphatic carbocycles. The third-order valence-corrected chi connectivity index (χ3v) is 4.84. The van der Waals surface area contributed by atoms with Crippen molar-refractivity contribution in [3.8, 4) is 11.5 Å². The Balaban J connectivity index is 1.82. The minimum Gasteiger partial charge on any atom is -0.486 e. The first kappa shape index (κ1) is 15.9. The summed E-state index contributed by atoms with van der Waals surface area (Å²) < 4.78 is 11.2. The molecule has 1 aliphatic rings. The number of rotatable bonds is 4. The molecule has 0 saturated carbocycles. The van der Waals surface area contributed by atoms with E-state index in [2.05, 4.69) is 19.2 Å². The molecule has 1 N–H and O–H groups in total. The van der Waals surface area contributed by atoms with Gasteiger partial charge in [0, 0.05) is 4.88 Å². The Morgan fingerprint density at radius 1 is 1.13 bits per heavy atom. The highest BCUT2D eigenvalue weighted by atomic mass is 32.1. The van der Waals surface area contributed by atoms with Gasteiger partial charge in [-0.2, -0.15) is 0 Å². The molecule has 0 bridgehead atoms. The van der Waals surface area contributed by atoms with Gasteiger partial charge in [0.25, 0.3) is 5.91 Å². The van der Waals surface area contributed by atoms with Gasteiger partial charge in [-0.25, -0.2) is 0 Å². The van der Waals surface area contributed by atoms with Crippen LogP contribution in [0.25, 0.3) is 0 Å². The summed E-state index contributed by atoms with van der Waals surface area (Å²) in [6.45, 7) is 7.34. The summed E-state index contributed by atoms with van der Waals surface area (Å²) >= 11 is 1.51. The number of benzene rings is 1. The topological polar surface area (TPSA) is 47.6 Å². The number of nitrogens with one attached hydrogen (secondary N) is 1. The van der Waals surface area contributed by atoms with Gasteiger partial charge >= 0.3 is 0 Å². The Bertz CT molecular complexity index is 708. The third-order valence-electron chi connectivity index (χ3n) is 3.84. The first-order valence-corrected chi connectivity index (χ1v) is 8.63. The summed E-state index contributed by atoms with van der Waals surface area (Å²) in [6.07, 6.45) is 0. The SMILES string of the molecule is Cc1ccc(C(=O)N[C@H](c2ccc3c(c2)OCCO3)C(C)C)s1. The van der Waals surface area contributed by atoms with Gasteiger partial charge in [0.15, 0.2) is 11.5 Å². The number of thiophene rings is 1. The first-order chi connectivity index (χ1) is 11.0. The molecule has 122 valence electrons. The van der Waals surface area contributed by atoms with Gasteiger partial charge in [-0.15, -0.1) is 11.3 Å². The van der Waals surface area contributed by atoms with E-state index in [0.717, 1.165) is 26.8 Å². The normalized spacial score (nSPS) is 14.6. The standard InChI is InChI=1S/C18H21NO3S/c1-11(2)17(19-18(20)16-7-4-12(3)23-16)13-5-6-14-15(10-13)22-9-8-21-14/h4-7,10-11,17H,8-9H2,1-3H3,(H,19,20)/t17-/m0/s1. The molecule has 1 amide bonds. The number of hydrogen-bond donors (Lipinski definition) is 1. The zero-order valence-electron chi connectivity index (χ0n) is 13.6. The second kappa shape index (κ2) is 6.62. The lowest BCUT2D eigenvalue weighted by Gasteiger charge is -2.25. The molecule has 23 heavy (non-hydrogen) atoms. The summed E-state index contributed by atoms with van der Waals surface area (Å²) in [5.41, 5.74) is 1.03. The molecule has 1 aromatic heterocycles. The van der Waals surface area contributed by atoms with E-state index in [1.54, 1.807) is 0 Å². The highest BCUT2D eigenvalue weighted by Crippen LogP contribution is 2.34. The lowest BCUT2D eigenvalue weighted by Crippen LogP contribution is -2.31. The Labute approximate surface area is 140 Å². The van der Waals surface area contributed by atoms with Crippen molar-refractivity contribution in [2.24, 2.45) is 5.92 Å². The fourth-order valence-corrected chi connectivity index (χ4v) is 3.43. The van der Waals surface area contributed by atoms with Crippen molar-refractivity contribution in [2.75, 3.05) is 13.2 Å². The van der Waals surface area contributed by atoms with Gasteiger partial charge in [0.2, 0.25) is 0 Å². The maximum atomic E-state index is 12.5. The van der Waals surface area contributed by atoms with Crippen LogP contribution in [-0.4, -0.2) is 19.1 Å². The average molecular weight is 331 g/mol. The van der Waals surface area contributed by atoms with Crippen LogP contribution in [-0.2, 0) is 0 Å². The lowest BCUT2D eigenvalue weighted by molar-refractivity contribution is 0.0929. The predicted molar refractivity (Wildman–Crippen MR) is 91.5 cm³/mol. The van der Waals surface area contributed by atoms with Gasteiger partial charge in [0.1, 0.15) is 13.2 Å². The van der Waals surface area contributed by atoms with Crippen LogP contribution in [0.15, 0.2) is 30.3 Å². The largest absolute Gasteiger partial charge is 0.486 e. The molecule has 5 heteroatoms. The van der Waals surface area contributed by atoms with Crippen LogP contribution >= 0.6 is 11.3 Å². The molecule has 3 rings (SSSR count). The minimum atomic E-state index is -0.0688. The molecule has 1 aliphatic heterocycles. The van der Waals surface area contributed by atoms with Crippen LogP contribution in [0.1, 0.15) is 40.0 Å². The molecule has 1 aromatic carbocycles. The summed E-state index contributed by atoms with van der Waals surface area (Å²) in [6, 6.07) is 9.66.